The summed E-state index contributed by atoms with van der Waals surface area (Å²) in [5, 5.41) is 3.46. The van der Waals surface area contributed by atoms with Gasteiger partial charge in [-0.05, 0) is 80.7 Å². The van der Waals surface area contributed by atoms with E-state index in [1.165, 1.54) is 6.07 Å². The molecule has 0 saturated heterocycles. The minimum atomic E-state index is -0.263. The number of hydrogen-bond acceptors (Lipinski definition) is 2. The van der Waals surface area contributed by atoms with Crippen molar-refractivity contribution in [3.63, 3.8) is 0 Å². The van der Waals surface area contributed by atoms with Crippen LogP contribution in [0, 0.1) is 5.82 Å². The summed E-state index contributed by atoms with van der Waals surface area (Å²) in [5.41, 5.74) is 0.191. The van der Waals surface area contributed by atoms with Crippen LogP contribution < -0.4 is 10.1 Å². The van der Waals surface area contributed by atoms with Gasteiger partial charge in [-0.15, -0.1) is 0 Å². The van der Waals surface area contributed by atoms with E-state index < -0.39 is 0 Å². The summed E-state index contributed by atoms with van der Waals surface area (Å²) >= 11 is 3.14. The summed E-state index contributed by atoms with van der Waals surface area (Å²) in [4.78, 5) is 0. The predicted molar refractivity (Wildman–Crippen MR) is 81.2 cm³/mol. The normalized spacial score (nSPS) is 11.6. The molecule has 0 aliphatic rings. The van der Waals surface area contributed by atoms with Crippen LogP contribution in [0.2, 0.25) is 0 Å². The lowest BCUT2D eigenvalue weighted by Gasteiger charge is -2.20. The van der Waals surface area contributed by atoms with E-state index in [1.54, 1.807) is 12.1 Å². The minimum absolute atomic E-state index is 0.191. The molecule has 0 heterocycles. The van der Waals surface area contributed by atoms with Gasteiger partial charge in [0, 0.05) is 5.54 Å². The maximum absolute atomic E-state index is 13.0. The molecule has 0 saturated carbocycles. The van der Waals surface area contributed by atoms with Gasteiger partial charge in [-0.25, -0.2) is 4.39 Å². The average molecular weight is 332 g/mol. The smallest absolute Gasteiger partial charge is 0.137 e. The predicted octanol–water partition coefficient (Wildman–Crippen LogP) is 4.53. The molecule has 4 heteroatoms. The van der Waals surface area contributed by atoms with E-state index >= 15 is 0 Å². The second kappa shape index (κ2) is 7.85. The molecule has 2 nitrogen and oxygen atoms in total. The molecule has 108 valence electrons. The molecular weight excluding hydrogens is 309 g/mol. The van der Waals surface area contributed by atoms with Crippen molar-refractivity contribution < 1.29 is 9.13 Å². The average Bonchev–Trinajstić information content (AvgIpc) is 2.31. The standard InChI is InChI=1S/C15H23BrFNO/c1-15(2,3)18-9-5-4-6-10-19-12-7-8-14(17)13(16)11-12/h7-8,11,18H,4-6,9-10H2,1-3H3. The van der Waals surface area contributed by atoms with Gasteiger partial charge in [0.2, 0.25) is 0 Å². The number of hydrogen-bond donors (Lipinski definition) is 1. The molecule has 1 aromatic rings. The van der Waals surface area contributed by atoms with Crippen LogP contribution in [-0.4, -0.2) is 18.7 Å². The van der Waals surface area contributed by atoms with Crippen LogP contribution >= 0.6 is 15.9 Å². The Balaban J connectivity index is 2.09. The molecule has 0 unspecified atom stereocenters. The molecule has 0 aliphatic carbocycles. The second-order valence-corrected chi connectivity index (χ2v) is 6.52. The minimum Gasteiger partial charge on any atom is -0.494 e. The van der Waals surface area contributed by atoms with Crippen LogP contribution in [0.4, 0.5) is 4.39 Å². The Bertz CT molecular complexity index is 390. The van der Waals surface area contributed by atoms with Crippen LogP contribution in [0.3, 0.4) is 0 Å². The Morgan fingerprint density at radius 3 is 2.58 bits per heavy atom. The second-order valence-electron chi connectivity index (χ2n) is 5.66. The van der Waals surface area contributed by atoms with Gasteiger partial charge < -0.3 is 10.1 Å². The monoisotopic (exact) mass is 331 g/mol. The zero-order valence-electron chi connectivity index (χ0n) is 11.9. The fourth-order valence-corrected chi connectivity index (χ4v) is 1.98. The van der Waals surface area contributed by atoms with Crippen molar-refractivity contribution in [3.05, 3.63) is 28.5 Å². The van der Waals surface area contributed by atoms with Gasteiger partial charge >= 0.3 is 0 Å². The van der Waals surface area contributed by atoms with Gasteiger partial charge in [-0.1, -0.05) is 0 Å². The first-order chi connectivity index (χ1) is 8.88. The van der Waals surface area contributed by atoms with Gasteiger partial charge in [0.1, 0.15) is 11.6 Å². The van der Waals surface area contributed by atoms with E-state index in [0.29, 0.717) is 16.8 Å². The number of benzene rings is 1. The van der Waals surface area contributed by atoms with Crippen molar-refractivity contribution in [2.45, 2.75) is 45.6 Å². The third kappa shape index (κ3) is 7.53. The largest absolute Gasteiger partial charge is 0.494 e. The van der Waals surface area contributed by atoms with E-state index in [0.717, 1.165) is 25.8 Å². The number of rotatable bonds is 7. The highest BCUT2D eigenvalue weighted by Gasteiger charge is 2.07. The Morgan fingerprint density at radius 1 is 1.21 bits per heavy atom. The fraction of sp³-hybridized carbons (Fsp3) is 0.600. The molecule has 0 aliphatic heterocycles. The molecule has 0 bridgehead atoms. The maximum Gasteiger partial charge on any atom is 0.137 e. The molecule has 1 aromatic carbocycles. The lowest BCUT2D eigenvalue weighted by molar-refractivity contribution is 0.302. The third-order valence-corrected chi connectivity index (χ3v) is 3.24. The van der Waals surface area contributed by atoms with E-state index in [9.17, 15) is 4.39 Å². The third-order valence-electron chi connectivity index (χ3n) is 2.64. The maximum atomic E-state index is 13.0. The zero-order valence-corrected chi connectivity index (χ0v) is 13.5. The summed E-state index contributed by atoms with van der Waals surface area (Å²) in [6.45, 7) is 8.21. The van der Waals surface area contributed by atoms with Crippen molar-refractivity contribution in [1.82, 2.24) is 5.32 Å². The highest BCUT2D eigenvalue weighted by molar-refractivity contribution is 9.10. The number of halogens is 2. The molecule has 19 heavy (non-hydrogen) atoms. The molecule has 1 rings (SSSR count). The Kier molecular flexibility index (Phi) is 6.80. The van der Waals surface area contributed by atoms with Gasteiger partial charge in [0.15, 0.2) is 0 Å². The number of nitrogens with one attached hydrogen (secondary N) is 1. The van der Waals surface area contributed by atoms with Gasteiger partial charge in [-0.3, -0.25) is 0 Å². The lowest BCUT2D eigenvalue weighted by Crippen LogP contribution is -2.36. The SMILES string of the molecule is CC(C)(C)NCCCCCOc1ccc(F)c(Br)c1. The Morgan fingerprint density at radius 2 is 1.95 bits per heavy atom. The lowest BCUT2D eigenvalue weighted by atomic mass is 10.1. The van der Waals surface area contributed by atoms with E-state index in [4.69, 9.17) is 4.74 Å². The van der Waals surface area contributed by atoms with Crippen molar-refractivity contribution in [1.29, 1.82) is 0 Å². The van der Waals surface area contributed by atoms with Crippen molar-refractivity contribution >= 4 is 15.9 Å². The Hall–Kier alpha value is -0.610. The molecule has 0 atom stereocenters. The van der Waals surface area contributed by atoms with Crippen LogP contribution in [-0.2, 0) is 0 Å². The van der Waals surface area contributed by atoms with Crippen molar-refractivity contribution in [2.24, 2.45) is 0 Å². The van der Waals surface area contributed by atoms with Crippen LogP contribution in [0.5, 0.6) is 5.75 Å². The van der Waals surface area contributed by atoms with Crippen molar-refractivity contribution in [3.8, 4) is 5.75 Å². The highest BCUT2D eigenvalue weighted by Crippen LogP contribution is 2.21. The summed E-state index contributed by atoms with van der Waals surface area (Å²) in [5.74, 6) is 0.446. The summed E-state index contributed by atoms with van der Waals surface area (Å²) in [6.07, 6.45) is 3.29. The quantitative estimate of drug-likeness (QED) is 0.741. The fourth-order valence-electron chi connectivity index (χ4n) is 1.62. The van der Waals surface area contributed by atoms with Crippen LogP contribution in [0.15, 0.2) is 22.7 Å². The number of ether oxygens (including phenoxy) is 1. The Labute approximate surface area is 123 Å². The first-order valence-electron chi connectivity index (χ1n) is 6.71. The topological polar surface area (TPSA) is 21.3 Å². The van der Waals surface area contributed by atoms with Gasteiger partial charge in [-0.2, -0.15) is 0 Å². The summed E-state index contributed by atoms with van der Waals surface area (Å²) in [7, 11) is 0. The molecular formula is C15H23BrFNO. The highest BCUT2D eigenvalue weighted by atomic mass is 79.9. The van der Waals surface area contributed by atoms with E-state index in [1.807, 2.05) is 0 Å². The van der Waals surface area contributed by atoms with Gasteiger partial charge in [0.25, 0.3) is 0 Å². The van der Waals surface area contributed by atoms with Crippen molar-refractivity contribution in [2.75, 3.05) is 13.2 Å². The molecule has 0 spiro atoms. The molecule has 0 aromatic heterocycles. The van der Waals surface area contributed by atoms with E-state index in [2.05, 4.69) is 42.0 Å². The molecule has 0 fully saturated rings. The van der Waals surface area contributed by atoms with Crippen LogP contribution in [0.25, 0.3) is 0 Å². The zero-order chi connectivity index (χ0) is 14.3. The first-order valence-corrected chi connectivity index (χ1v) is 7.51. The molecule has 1 N–H and O–H groups in total. The summed E-state index contributed by atoms with van der Waals surface area (Å²) < 4.78 is 19.0. The number of unbranched alkanes of at least 4 members (excludes halogenated alkanes) is 2. The van der Waals surface area contributed by atoms with Gasteiger partial charge in [0.05, 0.1) is 11.1 Å². The molecule has 0 radical (unpaired) electrons. The van der Waals surface area contributed by atoms with Crippen LogP contribution in [0.1, 0.15) is 40.0 Å². The first kappa shape index (κ1) is 16.4. The molecule has 0 amide bonds. The van der Waals surface area contributed by atoms with E-state index in [-0.39, 0.29) is 11.4 Å². The summed E-state index contributed by atoms with van der Waals surface area (Å²) in [6, 6.07) is 4.73.